The lowest BCUT2D eigenvalue weighted by Crippen LogP contribution is -2.35. The molecule has 16 heterocycles. The van der Waals surface area contributed by atoms with Gasteiger partial charge in [-0.3, -0.25) is 36.8 Å². The van der Waals surface area contributed by atoms with Gasteiger partial charge >= 0.3 is 0 Å². The van der Waals surface area contributed by atoms with Gasteiger partial charge in [-0.2, -0.15) is 20.4 Å². The van der Waals surface area contributed by atoms with Gasteiger partial charge in [-0.25, -0.2) is 46.3 Å². The third kappa shape index (κ3) is 15.2. The van der Waals surface area contributed by atoms with Gasteiger partial charge in [0.05, 0.1) is 91.7 Å². The number of halogens is 6. The zero-order valence-corrected chi connectivity index (χ0v) is 70.1. The van der Waals surface area contributed by atoms with Gasteiger partial charge in [0, 0.05) is 171 Å². The first-order valence-corrected chi connectivity index (χ1v) is 41.6. The Kier molecular flexibility index (Phi) is 22.2. The molecule has 21 rings (SSSR count). The van der Waals surface area contributed by atoms with Gasteiger partial charge in [0.2, 0.25) is 0 Å². The van der Waals surface area contributed by atoms with E-state index in [9.17, 15) is 45.5 Å². The van der Waals surface area contributed by atoms with E-state index in [1.165, 1.54) is 10.6 Å². The molecule has 0 unspecified atom stereocenters. The van der Waals surface area contributed by atoms with E-state index in [0.717, 1.165) is 156 Å². The van der Waals surface area contributed by atoms with Gasteiger partial charge in [-0.15, -0.1) is 20.4 Å². The van der Waals surface area contributed by atoms with Crippen LogP contribution in [0.1, 0.15) is 80.0 Å². The van der Waals surface area contributed by atoms with Crippen LogP contribution in [0.2, 0.25) is 0 Å². The molecule has 4 aromatic carbocycles. The molecule has 4 saturated heterocycles. The second-order valence-corrected chi connectivity index (χ2v) is 32.9. The quantitative estimate of drug-likeness (QED) is 0.134. The standard InChI is InChI=1S/C23H23F2N7O.C22H23F2N7O.C22H25N7O.C20H19F2N7O/c1-30-7-2-8-31(10-9-30)23(33)19-20(27-13-3-4-13)14-5-6-26-29-21(14)32-18-12-16(25)15(24)11-17(18)28-22(19)32;1-28(2)19-13-5-6-25-27-20(13)31-17-12-15(24)14(23)11-16(17)26-21(31)18(19)22(32)30-8-4-7-29(3)9-10-30;1-26(2)19-15-9-10-23-25-20(15)29-17-8-5-4-7-16(17)24-21(29)18(19)22(30)28-12-6-11-27(3)13-14-28;1-27-5-2-6-28(8-7-27)20(30)16-17(23)11-3-4-24-26-18(11)29-15-10-13(22)12(21)9-14(15)25-19(16)29/h5-6,11-13,27H,2-4,7-10H2,1H3;5-6,11-12H,4,7-10H2,1-3H3;4-5,7-10H,6,11-14H2,1-3H3;3-4,9-10H,2,5-8,23H2,1H3. The summed E-state index contributed by atoms with van der Waals surface area (Å²) in [6, 6.07) is 21.7. The van der Waals surface area contributed by atoms with Crippen LogP contribution >= 0.6 is 0 Å². The van der Waals surface area contributed by atoms with Gasteiger partial charge < -0.3 is 60.0 Å². The number of aromatic nitrogens is 16. The summed E-state index contributed by atoms with van der Waals surface area (Å²) in [5.41, 5.74) is 17.2. The Morgan fingerprint density at radius 1 is 0.352 bits per heavy atom. The summed E-state index contributed by atoms with van der Waals surface area (Å²) in [4.78, 5) is 93.9. The lowest BCUT2D eigenvalue weighted by Gasteiger charge is -2.25. The normalized spacial score (nSPS) is 16.3. The third-order valence-electron chi connectivity index (χ3n) is 24.0. The maximum atomic E-state index is 14.2. The number of nitrogens with two attached hydrogens (primary N) is 1. The van der Waals surface area contributed by atoms with E-state index >= 15 is 0 Å². The first kappa shape index (κ1) is 82.5. The molecule has 0 spiro atoms. The molecule has 3 N–H and O–H groups in total. The fourth-order valence-electron chi connectivity index (χ4n) is 17.4. The van der Waals surface area contributed by atoms with E-state index < -0.39 is 34.9 Å². The number of nitrogens with one attached hydrogen (secondary N) is 1. The van der Waals surface area contributed by atoms with Gasteiger partial charge in [0.25, 0.3) is 23.6 Å². The molecule has 1 saturated carbocycles. The number of hydrogen-bond acceptors (Lipinski definition) is 24. The highest BCUT2D eigenvalue weighted by Gasteiger charge is 2.36. The molecule has 1 aliphatic carbocycles. The van der Waals surface area contributed by atoms with Crippen molar-refractivity contribution in [1.29, 1.82) is 0 Å². The van der Waals surface area contributed by atoms with Crippen molar-refractivity contribution in [2.75, 3.05) is 182 Å². The smallest absolute Gasteiger partial charge is 0.259 e. The number of pyridine rings is 4. The monoisotopic (exact) mass is 1700 g/mol. The number of benzene rings is 4. The van der Waals surface area contributed by atoms with Crippen molar-refractivity contribution in [2.24, 2.45) is 0 Å². The van der Waals surface area contributed by atoms with Crippen molar-refractivity contribution in [1.82, 2.24) is 118 Å². The molecule has 5 fully saturated rings. The molecule has 0 radical (unpaired) electrons. The van der Waals surface area contributed by atoms with Crippen LogP contribution in [0.5, 0.6) is 0 Å². The summed E-state index contributed by atoms with van der Waals surface area (Å²) >= 11 is 0. The topological polar surface area (TPSA) is 311 Å². The Bertz CT molecular complexity index is 7020. The number of carbonyl (C=O) groups excluding carboxylic acids is 4. The molecule has 5 aliphatic rings. The Labute approximate surface area is 710 Å². The second kappa shape index (κ2) is 33.6. The van der Waals surface area contributed by atoms with Gasteiger partial charge in [0.1, 0.15) is 22.3 Å². The number of likely N-dealkylation sites (N-methyl/N-ethyl adjacent to an activating group) is 4. The Morgan fingerprint density at radius 3 is 1.06 bits per heavy atom. The second-order valence-electron chi connectivity index (χ2n) is 32.9. The number of amides is 4. The minimum Gasteiger partial charge on any atom is -0.397 e. The SMILES string of the molecule is CN1CCCN(C(=O)c2c(N(C)C)c3ccnnc3n3c2nc2cc(F)c(F)cc23)CC1.CN1CCCN(C(=O)c2c(N(C)C)c3ccnnc3n3c2nc2ccccc23)CC1.CN1CCCN(C(=O)c2c(N)c3ccnnc3n3c2nc2cc(F)c(F)cc23)CC1.CN1CCCN(C(=O)c2c(NC3CC3)c3ccnnc3n3c2nc2cc(F)c(F)cc23)CC1. The number of anilines is 4. The van der Waals surface area contributed by atoms with Crippen molar-refractivity contribution in [2.45, 2.75) is 44.6 Å². The van der Waals surface area contributed by atoms with E-state index in [-0.39, 0.29) is 63.1 Å². The molecule has 16 aromatic rings. The van der Waals surface area contributed by atoms with E-state index in [2.05, 4.69) is 87.7 Å². The predicted octanol–water partition coefficient (Wildman–Crippen LogP) is 9.96. The van der Waals surface area contributed by atoms with Gasteiger partial charge in [0.15, 0.2) is 80.1 Å². The van der Waals surface area contributed by atoms with E-state index in [1.54, 1.807) is 50.5 Å². The first-order chi connectivity index (χ1) is 60.4. The average Bonchev–Trinajstić information content (AvgIpc) is 1.62. The number of carbonyl (C=O) groups is 4. The lowest BCUT2D eigenvalue weighted by atomic mass is 10.1. The average molecular weight is 1710 g/mol. The van der Waals surface area contributed by atoms with Crippen LogP contribution in [0, 0.1) is 34.9 Å². The molecular weight excluding hydrogens is 1620 g/mol. The highest BCUT2D eigenvalue weighted by molar-refractivity contribution is 6.17. The van der Waals surface area contributed by atoms with Gasteiger partial charge in [-0.05, 0) is 129 Å². The van der Waals surface area contributed by atoms with Crippen LogP contribution in [0.25, 0.3) is 111 Å². The van der Waals surface area contributed by atoms with Crippen LogP contribution in [-0.4, -0.2) is 308 Å². The van der Waals surface area contributed by atoms with Crippen LogP contribution in [0.3, 0.4) is 0 Å². The van der Waals surface area contributed by atoms with E-state index in [1.807, 2.05) is 109 Å². The first-order valence-electron chi connectivity index (χ1n) is 41.6. The number of nitrogens with zero attached hydrogens (tertiary/aromatic N) is 26. The Balaban J connectivity index is 0.000000113. The highest BCUT2D eigenvalue weighted by Crippen LogP contribution is 2.42. The fraction of sp³-hybridized carbons (Fsp3) is 0.356. The summed E-state index contributed by atoms with van der Waals surface area (Å²) < 4.78 is 91.0. The summed E-state index contributed by atoms with van der Waals surface area (Å²) in [5.74, 6) is -6.53. The number of para-hydroxylation sites is 2. The van der Waals surface area contributed by atoms with Crippen molar-refractivity contribution in [3.63, 3.8) is 0 Å². The van der Waals surface area contributed by atoms with Crippen LogP contribution in [0.4, 0.5) is 49.1 Å². The van der Waals surface area contributed by atoms with Crippen LogP contribution in [-0.2, 0) is 0 Å². The molecule has 38 heteroatoms. The van der Waals surface area contributed by atoms with E-state index in [0.29, 0.717) is 146 Å². The zero-order valence-electron chi connectivity index (χ0n) is 70.1. The largest absolute Gasteiger partial charge is 0.397 e. The Morgan fingerprint density at radius 2 is 0.664 bits per heavy atom. The molecular formula is C87H90F6N28O4. The molecule has 4 amide bonds. The van der Waals surface area contributed by atoms with Crippen LogP contribution < -0.4 is 20.9 Å². The number of rotatable bonds is 8. The highest BCUT2D eigenvalue weighted by atomic mass is 19.2. The summed E-state index contributed by atoms with van der Waals surface area (Å²) in [7, 11) is 15.8. The van der Waals surface area contributed by atoms with E-state index in [4.69, 9.17) is 10.7 Å². The van der Waals surface area contributed by atoms with Crippen LogP contribution in [0.15, 0.2) is 110 Å². The van der Waals surface area contributed by atoms with Crippen molar-refractivity contribution >= 4 is 157 Å². The van der Waals surface area contributed by atoms with Gasteiger partial charge in [-0.1, -0.05) is 12.1 Å². The maximum Gasteiger partial charge on any atom is 0.259 e. The minimum absolute atomic E-state index is 0.0213. The summed E-state index contributed by atoms with van der Waals surface area (Å²) in [6.07, 6.45) is 11.8. The number of nitrogen functional groups attached to an aromatic ring is 1. The Hall–Kier alpha value is -13.5. The molecule has 644 valence electrons. The summed E-state index contributed by atoms with van der Waals surface area (Å²) in [6.45, 7) is 11.9. The molecule has 4 aliphatic heterocycles. The summed E-state index contributed by atoms with van der Waals surface area (Å²) in [5, 5.41) is 39.4. The minimum atomic E-state index is -1.02. The zero-order chi connectivity index (χ0) is 87.1. The molecule has 32 nitrogen and oxygen atoms in total. The maximum absolute atomic E-state index is 14.2. The predicted molar refractivity (Wildman–Crippen MR) is 465 cm³/mol. The van der Waals surface area contributed by atoms with Crippen molar-refractivity contribution < 1.29 is 45.5 Å². The molecule has 125 heavy (non-hydrogen) atoms. The number of fused-ring (bicyclic) bond motifs is 20. The molecule has 0 bridgehead atoms. The number of hydrogen-bond donors (Lipinski definition) is 2. The number of imidazole rings is 4. The molecule has 12 aromatic heterocycles. The fourth-order valence-corrected chi connectivity index (χ4v) is 17.4. The van der Waals surface area contributed by atoms with Crippen molar-refractivity contribution in [3.8, 4) is 0 Å². The lowest BCUT2D eigenvalue weighted by molar-refractivity contribution is 0.0757. The third-order valence-corrected chi connectivity index (χ3v) is 24.0. The molecule has 0 atom stereocenters. The van der Waals surface area contributed by atoms with Crippen molar-refractivity contribution in [3.05, 3.63) is 167 Å².